The van der Waals surface area contributed by atoms with Gasteiger partial charge in [-0.3, -0.25) is 0 Å². The van der Waals surface area contributed by atoms with Crippen LogP contribution in [0.1, 0.15) is 10.4 Å². The average Bonchev–Trinajstić information content (AvgIpc) is 2.41. The van der Waals surface area contributed by atoms with Crippen molar-refractivity contribution in [1.29, 1.82) is 0 Å². The highest BCUT2D eigenvalue weighted by Gasteiger charge is 2.11. The van der Waals surface area contributed by atoms with Crippen LogP contribution in [0.15, 0.2) is 30.6 Å². The van der Waals surface area contributed by atoms with Crippen molar-refractivity contribution in [2.45, 2.75) is 0 Å². The van der Waals surface area contributed by atoms with Gasteiger partial charge in [0.05, 0.1) is 25.1 Å². The number of carbonyl (C=O) groups is 1. The van der Waals surface area contributed by atoms with Gasteiger partial charge in [-0.25, -0.2) is 19.2 Å². The van der Waals surface area contributed by atoms with Crippen LogP contribution in [0.4, 0.5) is 4.39 Å². The van der Waals surface area contributed by atoms with Crippen molar-refractivity contribution in [1.82, 2.24) is 9.97 Å². The Bertz CT molecular complexity index is 601. The van der Waals surface area contributed by atoms with Crippen LogP contribution in [-0.4, -0.2) is 28.2 Å². The van der Waals surface area contributed by atoms with Gasteiger partial charge in [-0.15, -0.1) is 0 Å². The smallest absolute Gasteiger partial charge is 0.335 e. The van der Waals surface area contributed by atoms with E-state index in [2.05, 4.69) is 9.97 Å². The quantitative estimate of drug-likeness (QED) is 0.910. The lowest BCUT2D eigenvalue weighted by Gasteiger charge is -2.09. The minimum absolute atomic E-state index is 0.0595. The van der Waals surface area contributed by atoms with Crippen molar-refractivity contribution in [2.24, 2.45) is 0 Å². The molecule has 0 saturated carbocycles. The number of carboxylic acids is 1. The molecule has 1 aromatic heterocycles. The molecule has 0 fully saturated rings. The predicted octanol–water partition coefficient (Wildman–Crippen LogP) is 2.11. The number of nitrogens with zero attached hydrogens (tertiary/aromatic N) is 2. The Morgan fingerprint density at radius 3 is 2.53 bits per heavy atom. The van der Waals surface area contributed by atoms with E-state index in [0.29, 0.717) is 0 Å². The topological polar surface area (TPSA) is 81.5 Å². The van der Waals surface area contributed by atoms with Crippen molar-refractivity contribution in [3.63, 3.8) is 0 Å². The van der Waals surface area contributed by atoms with E-state index in [4.69, 9.17) is 14.6 Å². The summed E-state index contributed by atoms with van der Waals surface area (Å²) in [4.78, 5) is 18.1. The molecule has 0 radical (unpaired) electrons. The van der Waals surface area contributed by atoms with Crippen LogP contribution in [0.2, 0.25) is 0 Å². The summed E-state index contributed by atoms with van der Waals surface area (Å²) in [6, 6.07) is 4.00. The molecule has 1 N–H and O–H groups in total. The van der Waals surface area contributed by atoms with Crippen molar-refractivity contribution in [3.05, 3.63) is 42.0 Å². The summed E-state index contributed by atoms with van der Waals surface area (Å²) < 4.78 is 22.9. The fourth-order valence-electron chi connectivity index (χ4n) is 1.34. The molecule has 98 valence electrons. The standard InChI is InChI=1S/C12H9FN2O4/c1-18-10-4-7(11(16)17)2-3-9(10)19-12-14-5-8(13)6-15-12/h2-6H,1H3,(H,16,17). The van der Waals surface area contributed by atoms with E-state index in [1.165, 1.54) is 25.3 Å². The molecular formula is C12H9FN2O4. The van der Waals surface area contributed by atoms with Crippen LogP contribution in [0.25, 0.3) is 0 Å². The second kappa shape index (κ2) is 5.30. The number of carboxylic acid groups (broad SMARTS) is 1. The van der Waals surface area contributed by atoms with E-state index in [1.807, 2.05) is 0 Å². The summed E-state index contributed by atoms with van der Waals surface area (Å²) in [5, 5.41) is 8.85. The van der Waals surface area contributed by atoms with Crippen molar-refractivity contribution >= 4 is 5.97 Å². The summed E-state index contributed by atoms with van der Waals surface area (Å²) >= 11 is 0. The fourth-order valence-corrected chi connectivity index (χ4v) is 1.34. The Kier molecular flexibility index (Phi) is 3.56. The van der Waals surface area contributed by atoms with E-state index < -0.39 is 11.8 Å². The van der Waals surface area contributed by atoms with Gasteiger partial charge in [0.1, 0.15) is 0 Å². The zero-order chi connectivity index (χ0) is 13.8. The second-order valence-electron chi connectivity index (χ2n) is 3.46. The molecule has 0 saturated heterocycles. The lowest BCUT2D eigenvalue weighted by Crippen LogP contribution is -1.99. The van der Waals surface area contributed by atoms with Gasteiger partial charge in [0, 0.05) is 0 Å². The molecule has 2 aromatic rings. The monoisotopic (exact) mass is 264 g/mol. The first-order valence-electron chi connectivity index (χ1n) is 5.17. The molecular weight excluding hydrogens is 255 g/mol. The van der Waals surface area contributed by atoms with Gasteiger partial charge in [0.2, 0.25) is 0 Å². The number of hydrogen-bond donors (Lipinski definition) is 1. The first-order valence-corrected chi connectivity index (χ1v) is 5.17. The van der Waals surface area contributed by atoms with Gasteiger partial charge in [-0.2, -0.15) is 0 Å². The predicted molar refractivity (Wildman–Crippen MR) is 62.0 cm³/mol. The van der Waals surface area contributed by atoms with Crippen LogP contribution in [-0.2, 0) is 0 Å². The largest absolute Gasteiger partial charge is 0.493 e. The van der Waals surface area contributed by atoms with E-state index in [-0.39, 0.29) is 23.1 Å². The summed E-state index contributed by atoms with van der Waals surface area (Å²) in [6.45, 7) is 0. The van der Waals surface area contributed by atoms with Gasteiger partial charge in [0.25, 0.3) is 0 Å². The molecule has 1 heterocycles. The SMILES string of the molecule is COc1cc(C(=O)O)ccc1Oc1ncc(F)cn1. The van der Waals surface area contributed by atoms with Crippen LogP contribution in [0.3, 0.4) is 0 Å². The number of rotatable bonds is 4. The van der Waals surface area contributed by atoms with Crippen LogP contribution >= 0.6 is 0 Å². The summed E-state index contributed by atoms with van der Waals surface area (Å²) in [5.74, 6) is -1.21. The summed E-state index contributed by atoms with van der Waals surface area (Å²) in [5.41, 5.74) is 0.0595. The lowest BCUT2D eigenvalue weighted by atomic mass is 10.2. The molecule has 0 amide bonds. The summed E-state index contributed by atoms with van der Waals surface area (Å²) in [7, 11) is 1.37. The number of benzene rings is 1. The first-order chi connectivity index (χ1) is 9.10. The van der Waals surface area contributed by atoms with Crippen molar-refractivity contribution < 1.29 is 23.8 Å². The third-order valence-electron chi connectivity index (χ3n) is 2.21. The third-order valence-corrected chi connectivity index (χ3v) is 2.21. The average molecular weight is 264 g/mol. The van der Waals surface area contributed by atoms with Gasteiger partial charge >= 0.3 is 12.0 Å². The van der Waals surface area contributed by atoms with Gasteiger partial charge in [-0.05, 0) is 18.2 Å². The minimum atomic E-state index is -1.08. The van der Waals surface area contributed by atoms with Crippen LogP contribution in [0.5, 0.6) is 17.5 Å². The third kappa shape index (κ3) is 2.95. The number of ether oxygens (including phenoxy) is 2. The van der Waals surface area contributed by atoms with E-state index in [1.54, 1.807) is 0 Å². The molecule has 2 rings (SSSR count). The molecule has 7 heteroatoms. The van der Waals surface area contributed by atoms with Crippen LogP contribution in [0, 0.1) is 5.82 Å². The molecule has 0 atom stereocenters. The maximum atomic E-state index is 12.6. The highest BCUT2D eigenvalue weighted by atomic mass is 19.1. The highest BCUT2D eigenvalue weighted by molar-refractivity contribution is 5.88. The van der Waals surface area contributed by atoms with Gasteiger partial charge in [0.15, 0.2) is 17.3 Å². The van der Waals surface area contributed by atoms with Gasteiger partial charge in [-0.1, -0.05) is 0 Å². The number of aromatic nitrogens is 2. The lowest BCUT2D eigenvalue weighted by molar-refractivity contribution is 0.0696. The highest BCUT2D eigenvalue weighted by Crippen LogP contribution is 2.30. The fraction of sp³-hybridized carbons (Fsp3) is 0.0833. The van der Waals surface area contributed by atoms with Crippen LogP contribution < -0.4 is 9.47 Å². The Hall–Kier alpha value is -2.70. The second-order valence-corrected chi connectivity index (χ2v) is 3.46. The van der Waals surface area contributed by atoms with E-state index in [0.717, 1.165) is 12.4 Å². The van der Waals surface area contributed by atoms with Crippen molar-refractivity contribution in [3.8, 4) is 17.5 Å². The Morgan fingerprint density at radius 1 is 1.26 bits per heavy atom. The van der Waals surface area contributed by atoms with E-state index >= 15 is 0 Å². The Labute approximate surface area is 107 Å². The molecule has 6 nitrogen and oxygen atoms in total. The van der Waals surface area contributed by atoms with E-state index in [9.17, 15) is 9.18 Å². The zero-order valence-electron chi connectivity index (χ0n) is 9.83. The molecule has 0 unspecified atom stereocenters. The maximum Gasteiger partial charge on any atom is 0.335 e. The molecule has 0 aliphatic rings. The summed E-state index contributed by atoms with van der Waals surface area (Å²) in [6.07, 6.45) is 1.92. The number of aromatic carboxylic acids is 1. The Morgan fingerprint density at radius 2 is 1.95 bits per heavy atom. The molecule has 0 spiro atoms. The minimum Gasteiger partial charge on any atom is -0.493 e. The number of hydrogen-bond acceptors (Lipinski definition) is 5. The molecule has 0 aliphatic heterocycles. The molecule has 1 aromatic carbocycles. The number of halogens is 1. The zero-order valence-corrected chi connectivity index (χ0v) is 9.83. The van der Waals surface area contributed by atoms with Crippen molar-refractivity contribution in [2.75, 3.05) is 7.11 Å². The maximum absolute atomic E-state index is 12.6. The Balaban J connectivity index is 2.29. The van der Waals surface area contributed by atoms with Gasteiger partial charge < -0.3 is 14.6 Å². The molecule has 0 aliphatic carbocycles. The first kappa shape index (κ1) is 12.7. The number of methoxy groups -OCH3 is 1. The normalized spacial score (nSPS) is 10.0. The molecule has 0 bridgehead atoms. The molecule has 19 heavy (non-hydrogen) atoms.